The van der Waals surface area contributed by atoms with E-state index in [1.807, 2.05) is 53.2 Å². The van der Waals surface area contributed by atoms with Crippen LogP contribution in [0.3, 0.4) is 0 Å². The molecule has 0 spiro atoms. The van der Waals surface area contributed by atoms with Gasteiger partial charge in [0.05, 0.1) is 12.2 Å². The number of hydrogen-bond acceptors (Lipinski definition) is 3. The van der Waals surface area contributed by atoms with Crippen LogP contribution in [0.1, 0.15) is 5.69 Å². The van der Waals surface area contributed by atoms with E-state index in [1.54, 1.807) is 12.4 Å². The molecule has 136 valence electrons. The number of hydrogen-bond donors (Lipinski definition) is 1. The van der Waals surface area contributed by atoms with Crippen molar-refractivity contribution in [3.8, 4) is 22.4 Å². The predicted octanol–water partition coefficient (Wildman–Crippen LogP) is 4.43. The van der Waals surface area contributed by atoms with Gasteiger partial charge < -0.3 is 5.32 Å². The molecule has 3 heterocycles. The summed E-state index contributed by atoms with van der Waals surface area (Å²) in [6, 6.07) is 15.2. The number of aromatic nitrogens is 3. The molecule has 27 heavy (non-hydrogen) atoms. The van der Waals surface area contributed by atoms with Crippen LogP contribution in [-0.4, -0.2) is 21.3 Å². The Hall–Kier alpha value is -2.76. The van der Waals surface area contributed by atoms with Crippen molar-refractivity contribution in [1.29, 1.82) is 0 Å². The molecule has 5 rings (SSSR count). The Morgan fingerprint density at radius 3 is 2.67 bits per heavy atom. The van der Waals surface area contributed by atoms with E-state index in [0.29, 0.717) is 16.6 Å². The molecule has 0 saturated carbocycles. The number of nitrogens with one attached hydrogen (secondary N) is 1. The molecule has 4 nitrogen and oxygen atoms in total. The summed E-state index contributed by atoms with van der Waals surface area (Å²) in [5.74, 6) is -0.221. The predicted molar refractivity (Wildman–Crippen MR) is 107 cm³/mol. The molecule has 1 aliphatic heterocycles. The average Bonchev–Trinajstić information content (AvgIpc) is 3.08. The maximum absolute atomic E-state index is 15.3. The molecule has 0 aliphatic carbocycles. The van der Waals surface area contributed by atoms with E-state index >= 15 is 4.39 Å². The summed E-state index contributed by atoms with van der Waals surface area (Å²) in [6.45, 7) is 2.37. The summed E-state index contributed by atoms with van der Waals surface area (Å²) < 4.78 is 17.3. The van der Waals surface area contributed by atoms with Gasteiger partial charge in [-0.3, -0.25) is 9.67 Å². The summed E-state index contributed by atoms with van der Waals surface area (Å²) in [5, 5.41) is 9.68. The molecule has 1 aliphatic rings. The standard InChI is InChI=1S/C21H17FN4.ClH/c22-20-16-4-2-1-3-14(16)5-6-17(20)21-19(15-7-9-23-10-8-15)18-13-24-11-12-26(18)25-21;/h1-10,24H,11-13H2;1H. The zero-order valence-corrected chi connectivity index (χ0v) is 15.3. The first-order valence-electron chi connectivity index (χ1n) is 8.71. The van der Waals surface area contributed by atoms with Crippen molar-refractivity contribution in [3.05, 3.63) is 72.4 Å². The SMILES string of the molecule is Cl.Fc1c(-c2nn3c(c2-c2ccncc2)CNCC3)ccc2ccccc12. The highest BCUT2D eigenvalue weighted by atomic mass is 35.5. The molecule has 0 fully saturated rings. The lowest BCUT2D eigenvalue weighted by Gasteiger charge is -2.16. The van der Waals surface area contributed by atoms with Gasteiger partial charge in [0.25, 0.3) is 0 Å². The van der Waals surface area contributed by atoms with Crippen LogP contribution < -0.4 is 5.32 Å². The van der Waals surface area contributed by atoms with E-state index in [1.165, 1.54) is 0 Å². The Morgan fingerprint density at radius 2 is 1.81 bits per heavy atom. The third-order valence-corrected chi connectivity index (χ3v) is 4.94. The van der Waals surface area contributed by atoms with Crippen molar-refractivity contribution in [2.75, 3.05) is 6.54 Å². The zero-order chi connectivity index (χ0) is 17.5. The van der Waals surface area contributed by atoms with Gasteiger partial charge in [-0.15, -0.1) is 12.4 Å². The monoisotopic (exact) mass is 380 g/mol. The Labute approximate surface area is 162 Å². The summed E-state index contributed by atoms with van der Waals surface area (Å²) in [6.07, 6.45) is 3.52. The summed E-state index contributed by atoms with van der Waals surface area (Å²) >= 11 is 0. The molecule has 0 amide bonds. The maximum atomic E-state index is 15.3. The first-order chi connectivity index (χ1) is 12.8. The molecule has 0 radical (unpaired) electrons. The van der Waals surface area contributed by atoms with E-state index < -0.39 is 0 Å². The lowest BCUT2D eigenvalue weighted by Crippen LogP contribution is -2.28. The van der Waals surface area contributed by atoms with Crippen molar-refractivity contribution in [1.82, 2.24) is 20.1 Å². The van der Waals surface area contributed by atoms with Gasteiger partial charge in [0.2, 0.25) is 0 Å². The number of benzene rings is 2. The normalized spacial score (nSPS) is 13.2. The van der Waals surface area contributed by atoms with E-state index in [-0.39, 0.29) is 18.2 Å². The first kappa shape index (κ1) is 17.6. The molecule has 1 N–H and O–H groups in total. The number of halogens is 2. The Balaban J connectivity index is 0.00000180. The summed E-state index contributed by atoms with van der Waals surface area (Å²) in [7, 11) is 0. The van der Waals surface area contributed by atoms with Gasteiger partial charge in [-0.05, 0) is 29.1 Å². The lowest BCUT2D eigenvalue weighted by molar-refractivity contribution is 0.477. The topological polar surface area (TPSA) is 42.7 Å². The second-order valence-corrected chi connectivity index (χ2v) is 6.45. The third kappa shape index (κ3) is 2.89. The highest BCUT2D eigenvalue weighted by molar-refractivity contribution is 5.91. The fourth-order valence-corrected chi connectivity index (χ4v) is 3.68. The summed E-state index contributed by atoms with van der Waals surface area (Å²) in [5.41, 5.74) is 4.31. The van der Waals surface area contributed by atoms with Crippen LogP contribution in [0, 0.1) is 5.82 Å². The van der Waals surface area contributed by atoms with Crippen LogP contribution >= 0.6 is 12.4 Å². The quantitative estimate of drug-likeness (QED) is 0.559. The number of rotatable bonds is 2. The van der Waals surface area contributed by atoms with Crippen LogP contribution in [-0.2, 0) is 13.1 Å². The summed E-state index contributed by atoms with van der Waals surface area (Å²) in [4.78, 5) is 4.11. The minimum Gasteiger partial charge on any atom is -0.309 e. The van der Waals surface area contributed by atoms with Crippen molar-refractivity contribution < 1.29 is 4.39 Å². The first-order valence-corrected chi connectivity index (χ1v) is 8.71. The van der Waals surface area contributed by atoms with Gasteiger partial charge in [-0.25, -0.2) is 4.39 Å². The van der Waals surface area contributed by atoms with Crippen molar-refractivity contribution in [2.45, 2.75) is 13.1 Å². The van der Waals surface area contributed by atoms with E-state index in [2.05, 4.69) is 10.3 Å². The molecule has 0 unspecified atom stereocenters. The second-order valence-electron chi connectivity index (χ2n) is 6.45. The van der Waals surface area contributed by atoms with Crippen LogP contribution in [0.4, 0.5) is 4.39 Å². The van der Waals surface area contributed by atoms with Crippen molar-refractivity contribution >= 4 is 23.2 Å². The molecule has 0 bridgehead atoms. The Bertz CT molecular complexity index is 1110. The molecule has 6 heteroatoms. The van der Waals surface area contributed by atoms with Crippen molar-refractivity contribution in [3.63, 3.8) is 0 Å². The number of pyridine rings is 1. The largest absolute Gasteiger partial charge is 0.309 e. The number of fused-ring (bicyclic) bond motifs is 2. The third-order valence-electron chi connectivity index (χ3n) is 4.94. The maximum Gasteiger partial charge on any atom is 0.140 e. The second kappa shape index (κ2) is 7.10. The molecule has 0 saturated heterocycles. The van der Waals surface area contributed by atoms with Gasteiger partial charge >= 0.3 is 0 Å². The highest BCUT2D eigenvalue weighted by Gasteiger charge is 2.24. The van der Waals surface area contributed by atoms with E-state index in [0.717, 1.165) is 41.8 Å². The van der Waals surface area contributed by atoms with Gasteiger partial charge in [-0.1, -0.05) is 30.3 Å². The van der Waals surface area contributed by atoms with Crippen LogP contribution in [0.5, 0.6) is 0 Å². The van der Waals surface area contributed by atoms with Gasteiger partial charge in [0.15, 0.2) is 0 Å². The van der Waals surface area contributed by atoms with Gasteiger partial charge in [0, 0.05) is 42.0 Å². The minimum absolute atomic E-state index is 0. The fourth-order valence-electron chi connectivity index (χ4n) is 3.68. The van der Waals surface area contributed by atoms with Gasteiger partial charge in [0.1, 0.15) is 11.5 Å². The molecular weight excluding hydrogens is 363 g/mol. The highest BCUT2D eigenvalue weighted by Crippen LogP contribution is 2.37. The molecule has 2 aromatic heterocycles. The molecular formula is C21H18ClFN4. The Kier molecular flexibility index (Phi) is 4.64. The average molecular weight is 381 g/mol. The van der Waals surface area contributed by atoms with Crippen LogP contribution in [0.15, 0.2) is 60.9 Å². The van der Waals surface area contributed by atoms with Crippen LogP contribution in [0.2, 0.25) is 0 Å². The molecule has 4 aromatic rings. The van der Waals surface area contributed by atoms with Gasteiger partial charge in [-0.2, -0.15) is 5.10 Å². The zero-order valence-electron chi connectivity index (χ0n) is 14.5. The lowest BCUT2D eigenvalue weighted by atomic mass is 9.97. The fraction of sp³-hybridized carbons (Fsp3) is 0.143. The van der Waals surface area contributed by atoms with E-state index in [4.69, 9.17) is 5.10 Å². The Morgan fingerprint density at radius 1 is 1.00 bits per heavy atom. The molecule has 2 aromatic carbocycles. The van der Waals surface area contributed by atoms with Crippen molar-refractivity contribution in [2.24, 2.45) is 0 Å². The van der Waals surface area contributed by atoms with E-state index in [9.17, 15) is 0 Å². The minimum atomic E-state index is -0.221. The smallest absolute Gasteiger partial charge is 0.140 e. The number of nitrogens with zero attached hydrogens (tertiary/aromatic N) is 3. The van der Waals surface area contributed by atoms with Crippen LogP contribution in [0.25, 0.3) is 33.2 Å². The molecule has 0 atom stereocenters.